The summed E-state index contributed by atoms with van der Waals surface area (Å²) < 4.78 is 0.633. The number of nitro benzene ring substituents is 1. The minimum Gasteiger partial charge on any atom is -0.272 e. The maximum atomic E-state index is 11.9. The number of pyridine rings is 1. The van der Waals surface area contributed by atoms with E-state index in [-0.39, 0.29) is 22.4 Å². The first-order valence-electron chi connectivity index (χ1n) is 7.66. The second-order valence-corrected chi connectivity index (χ2v) is 7.75. The van der Waals surface area contributed by atoms with Gasteiger partial charge in [0, 0.05) is 17.8 Å². The number of amides is 1. The average Bonchev–Trinajstić information content (AvgIpc) is 3.17. The van der Waals surface area contributed by atoms with Gasteiger partial charge in [-0.25, -0.2) is 5.43 Å². The number of nitro groups is 1. The van der Waals surface area contributed by atoms with Crippen LogP contribution in [0.15, 0.2) is 52.0 Å². The van der Waals surface area contributed by atoms with Crippen molar-refractivity contribution in [3.05, 3.63) is 63.3 Å². The molecule has 1 aromatic carbocycles. The summed E-state index contributed by atoms with van der Waals surface area (Å²) in [5.74, 6) is -0.256. The molecule has 1 N–H and O–H groups in total. The molecule has 0 radical (unpaired) electrons. The zero-order valence-electron chi connectivity index (χ0n) is 14.0. The van der Waals surface area contributed by atoms with Crippen molar-refractivity contribution in [2.24, 2.45) is 5.10 Å². The highest BCUT2D eigenvalue weighted by atomic mass is 35.5. The Morgan fingerprint density at radius 3 is 2.96 bits per heavy atom. The molecule has 0 atom stereocenters. The fourth-order valence-electron chi connectivity index (χ4n) is 1.95. The van der Waals surface area contributed by atoms with Crippen LogP contribution < -0.4 is 5.43 Å². The number of carbonyl (C=O) groups excluding carboxylic acids is 1. The van der Waals surface area contributed by atoms with Gasteiger partial charge in [0.2, 0.25) is 0 Å². The summed E-state index contributed by atoms with van der Waals surface area (Å²) in [6, 6.07) is 9.72. The third-order valence-corrected chi connectivity index (χ3v) is 5.59. The number of nitrogens with zero attached hydrogens (tertiary/aromatic N) is 5. The number of thioether (sulfide) groups is 1. The van der Waals surface area contributed by atoms with Crippen molar-refractivity contribution < 1.29 is 9.72 Å². The number of hydrogen-bond acceptors (Lipinski definition) is 9. The number of hydrogen-bond donors (Lipinski definition) is 1. The number of aromatic nitrogens is 3. The van der Waals surface area contributed by atoms with E-state index in [0.29, 0.717) is 14.9 Å². The molecule has 0 aliphatic carbocycles. The van der Waals surface area contributed by atoms with Crippen LogP contribution in [0.25, 0.3) is 10.7 Å². The molecule has 0 aliphatic rings. The van der Waals surface area contributed by atoms with Gasteiger partial charge in [-0.3, -0.25) is 19.9 Å². The number of hydrazone groups is 1. The number of rotatable bonds is 7. The zero-order valence-corrected chi connectivity index (χ0v) is 16.4. The van der Waals surface area contributed by atoms with Gasteiger partial charge in [0.1, 0.15) is 10.7 Å². The van der Waals surface area contributed by atoms with E-state index < -0.39 is 4.92 Å². The highest BCUT2D eigenvalue weighted by Gasteiger charge is 2.12. The molecule has 0 aliphatic heterocycles. The topological polar surface area (TPSA) is 123 Å². The number of halogens is 1. The van der Waals surface area contributed by atoms with Crippen molar-refractivity contribution >= 4 is 52.5 Å². The maximum absolute atomic E-state index is 11.9. The van der Waals surface area contributed by atoms with Crippen LogP contribution in [0.4, 0.5) is 5.69 Å². The molecule has 0 bridgehead atoms. The van der Waals surface area contributed by atoms with E-state index in [9.17, 15) is 14.9 Å². The van der Waals surface area contributed by atoms with Gasteiger partial charge in [0.05, 0.1) is 16.9 Å². The van der Waals surface area contributed by atoms with Crippen LogP contribution >= 0.6 is 34.7 Å². The summed E-state index contributed by atoms with van der Waals surface area (Å²) in [4.78, 5) is 26.4. The van der Waals surface area contributed by atoms with Crippen LogP contribution in [0.3, 0.4) is 0 Å². The van der Waals surface area contributed by atoms with Gasteiger partial charge < -0.3 is 0 Å². The van der Waals surface area contributed by atoms with E-state index in [1.165, 1.54) is 41.4 Å². The van der Waals surface area contributed by atoms with E-state index in [1.54, 1.807) is 12.3 Å². The first-order chi connectivity index (χ1) is 13.5. The summed E-state index contributed by atoms with van der Waals surface area (Å²) in [6.07, 6.45) is 2.97. The Labute approximate surface area is 172 Å². The Morgan fingerprint density at radius 2 is 2.21 bits per heavy atom. The third-order valence-electron chi connectivity index (χ3n) is 3.19. The van der Waals surface area contributed by atoms with Crippen molar-refractivity contribution in [1.29, 1.82) is 0 Å². The number of carbonyl (C=O) groups is 1. The van der Waals surface area contributed by atoms with Crippen LogP contribution in [-0.2, 0) is 4.79 Å². The molecule has 28 heavy (non-hydrogen) atoms. The second-order valence-electron chi connectivity index (χ2n) is 5.14. The van der Waals surface area contributed by atoms with Gasteiger partial charge in [0.15, 0.2) is 9.35 Å². The molecule has 142 valence electrons. The lowest BCUT2D eigenvalue weighted by Crippen LogP contribution is -2.19. The molecule has 12 heteroatoms. The summed E-state index contributed by atoms with van der Waals surface area (Å²) >= 11 is 8.30. The van der Waals surface area contributed by atoms with Crippen molar-refractivity contribution in [3.8, 4) is 10.7 Å². The lowest BCUT2D eigenvalue weighted by Gasteiger charge is -1.99. The molecule has 3 aromatic rings. The normalized spacial score (nSPS) is 10.9. The second kappa shape index (κ2) is 9.35. The maximum Gasteiger partial charge on any atom is 0.288 e. The van der Waals surface area contributed by atoms with Crippen molar-refractivity contribution in [2.75, 3.05) is 5.75 Å². The SMILES string of the molecule is O=C(CSc1nnc(-c2ccccn2)s1)N/N=C/c1ccc(Cl)c([N+](=O)[O-])c1. The minimum absolute atomic E-state index is 0.0321. The smallest absolute Gasteiger partial charge is 0.272 e. The molecule has 0 spiro atoms. The van der Waals surface area contributed by atoms with Gasteiger partial charge >= 0.3 is 0 Å². The molecule has 0 saturated carbocycles. The van der Waals surface area contributed by atoms with E-state index in [1.807, 2.05) is 18.2 Å². The molecule has 0 fully saturated rings. The van der Waals surface area contributed by atoms with Gasteiger partial charge in [0.25, 0.3) is 11.6 Å². The molecule has 2 heterocycles. The van der Waals surface area contributed by atoms with Gasteiger partial charge in [-0.15, -0.1) is 10.2 Å². The highest BCUT2D eigenvalue weighted by Crippen LogP contribution is 2.28. The van der Waals surface area contributed by atoms with Gasteiger partial charge in [-0.2, -0.15) is 5.10 Å². The molecule has 1 amide bonds. The summed E-state index contributed by atoms with van der Waals surface area (Å²) in [5, 5.41) is 23.4. The van der Waals surface area contributed by atoms with Crippen LogP contribution in [-0.4, -0.2) is 38.0 Å². The lowest BCUT2D eigenvalue weighted by molar-refractivity contribution is -0.384. The number of nitrogens with one attached hydrogen (secondary N) is 1. The Kier molecular flexibility index (Phi) is 6.63. The minimum atomic E-state index is -0.587. The molecule has 0 unspecified atom stereocenters. The lowest BCUT2D eigenvalue weighted by atomic mass is 10.2. The molecule has 0 saturated heterocycles. The predicted molar refractivity (Wildman–Crippen MR) is 108 cm³/mol. The standard InChI is InChI=1S/C16H11ClN6O3S2/c17-11-5-4-10(7-13(11)23(25)26)8-19-20-14(24)9-27-16-22-21-15(28-16)12-3-1-2-6-18-12/h1-8H,9H2,(H,20,24)/b19-8+. The summed E-state index contributed by atoms with van der Waals surface area (Å²) in [7, 11) is 0. The predicted octanol–water partition coefficient (Wildman–Crippen LogP) is 3.40. The number of benzene rings is 1. The Hall–Kier alpha value is -2.89. The van der Waals surface area contributed by atoms with Gasteiger partial charge in [-0.05, 0) is 18.2 Å². The fourth-order valence-corrected chi connectivity index (χ4v) is 3.76. The van der Waals surface area contributed by atoms with E-state index in [4.69, 9.17) is 11.6 Å². The first-order valence-corrected chi connectivity index (χ1v) is 9.84. The van der Waals surface area contributed by atoms with E-state index >= 15 is 0 Å². The summed E-state index contributed by atoms with van der Waals surface area (Å²) in [6.45, 7) is 0. The monoisotopic (exact) mass is 434 g/mol. The van der Waals surface area contributed by atoms with Gasteiger partial charge in [-0.1, -0.05) is 46.8 Å². The Morgan fingerprint density at radius 1 is 1.36 bits per heavy atom. The van der Waals surface area contributed by atoms with Crippen molar-refractivity contribution in [2.45, 2.75) is 4.34 Å². The third kappa shape index (κ3) is 5.31. The molecule has 9 nitrogen and oxygen atoms in total. The molecule has 3 rings (SSSR count). The molecular formula is C16H11ClN6O3S2. The molecular weight excluding hydrogens is 424 g/mol. The van der Waals surface area contributed by atoms with Crippen LogP contribution in [0.2, 0.25) is 5.02 Å². The van der Waals surface area contributed by atoms with Crippen molar-refractivity contribution in [1.82, 2.24) is 20.6 Å². The Balaban J connectivity index is 1.51. The largest absolute Gasteiger partial charge is 0.288 e. The van der Waals surface area contributed by atoms with Crippen molar-refractivity contribution in [3.63, 3.8) is 0 Å². The van der Waals surface area contributed by atoms with E-state index in [0.717, 1.165) is 5.69 Å². The zero-order chi connectivity index (χ0) is 19.9. The summed E-state index contributed by atoms with van der Waals surface area (Å²) in [5.41, 5.74) is 3.28. The first kappa shape index (κ1) is 19.9. The average molecular weight is 435 g/mol. The Bertz CT molecular complexity index is 1030. The van der Waals surface area contributed by atoms with E-state index in [2.05, 4.69) is 25.7 Å². The quantitative estimate of drug-likeness (QED) is 0.261. The van der Waals surface area contributed by atoms with Crippen LogP contribution in [0.5, 0.6) is 0 Å². The highest BCUT2D eigenvalue weighted by molar-refractivity contribution is 8.01. The fraction of sp³-hybridized carbons (Fsp3) is 0.0625. The molecule has 2 aromatic heterocycles. The van der Waals surface area contributed by atoms with Crippen LogP contribution in [0.1, 0.15) is 5.56 Å². The van der Waals surface area contributed by atoms with Crippen LogP contribution in [0, 0.1) is 10.1 Å².